The molecule has 0 spiro atoms. The summed E-state index contributed by atoms with van der Waals surface area (Å²) in [5.41, 5.74) is -1.65. The van der Waals surface area contributed by atoms with Crippen molar-refractivity contribution in [3.05, 3.63) is 31.3 Å². The summed E-state index contributed by atoms with van der Waals surface area (Å²) < 4.78 is 0. The number of fused-ring (bicyclic) bond motifs is 1. The number of carboxylic acid groups (broad SMARTS) is 1. The molecule has 26 heavy (non-hydrogen) atoms. The molecule has 2 heterocycles. The van der Waals surface area contributed by atoms with Crippen LogP contribution >= 0.6 is 0 Å². The van der Waals surface area contributed by atoms with Gasteiger partial charge in [-0.2, -0.15) is 0 Å². The van der Waals surface area contributed by atoms with E-state index in [1.165, 1.54) is 44.9 Å². The predicted molar refractivity (Wildman–Crippen MR) is 99.6 cm³/mol. The van der Waals surface area contributed by atoms with E-state index in [1.54, 1.807) is 0 Å². The molecule has 0 saturated heterocycles. The van der Waals surface area contributed by atoms with E-state index in [1.807, 2.05) is 4.98 Å². The van der Waals surface area contributed by atoms with Crippen molar-refractivity contribution in [1.82, 2.24) is 19.9 Å². The van der Waals surface area contributed by atoms with Gasteiger partial charge in [0.15, 0.2) is 0 Å². The van der Waals surface area contributed by atoms with Crippen molar-refractivity contribution < 1.29 is 9.90 Å². The van der Waals surface area contributed by atoms with Crippen LogP contribution in [0, 0.1) is 0 Å². The summed E-state index contributed by atoms with van der Waals surface area (Å²) in [6.45, 7) is 2.23. The van der Waals surface area contributed by atoms with E-state index in [2.05, 4.69) is 21.9 Å². The van der Waals surface area contributed by atoms with Gasteiger partial charge in [-0.1, -0.05) is 58.3 Å². The van der Waals surface area contributed by atoms with Crippen molar-refractivity contribution in [2.75, 3.05) is 0 Å². The average Bonchev–Trinajstić information content (AvgIpc) is 2.94. The SMILES string of the molecule is CCCCCCCCCCCC(=O)O.O=c1[nH]c(=O)c2[nH]c(=O)[nH]c2[nH]1. The van der Waals surface area contributed by atoms with E-state index in [0.717, 1.165) is 12.8 Å². The van der Waals surface area contributed by atoms with Crippen LogP contribution in [0.5, 0.6) is 0 Å². The molecule has 0 atom stereocenters. The minimum atomic E-state index is -0.659. The van der Waals surface area contributed by atoms with Gasteiger partial charge in [-0.3, -0.25) is 29.5 Å². The fraction of sp³-hybridized carbons (Fsp3) is 0.647. The number of hydrogen-bond acceptors (Lipinski definition) is 4. The normalized spacial score (nSPS) is 10.5. The van der Waals surface area contributed by atoms with Gasteiger partial charge in [0.1, 0.15) is 11.2 Å². The number of aromatic nitrogens is 4. The number of H-pyrrole nitrogens is 4. The largest absolute Gasteiger partial charge is 0.481 e. The van der Waals surface area contributed by atoms with Crippen molar-refractivity contribution in [2.45, 2.75) is 71.1 Å². The molecule has 2 aromatic rings. The first-order valence-corrected chi connectivity index (χ1v) is 9.10. The second-order valence-electron chi connectivity index (χ2n) is 6.21. The quantitative estimate of drug-likeness (QED) is 0.407. The van der Waals surface area contributed by atoms with Crippen molar-refractivity contribution in [3.63, 3.8) is 0 Å². The molecule has 2 rings (SSSR count). The first-order chi connectivity index (χ1) is 12.4. The molecule has 0 bridgehead atoms. The number of aliphatic carboxylic acids is 1. The molecule has 2 aromatic heterocycles. The highest BCUT2D eigenvalue weighted by Gasteiger charge is 2.02. The number of nitrogens with one attached hydrogen (secondary N) is 4. The van der Waals surface area contributed by atoms with Gasteiger partial charge in [0.25, 0.3) is 5.56 Å². The van der Waals surface area contributed by atoms with Gasteiger partial charge in [-0.05, 0) is 6.42 Å². The van der Waals surface area contributed by atoms with E-state index in [-0.39, 0.29) is 11.2 Å². The number of aromatic amines is 4. The third-order valence-corrected chi connectivity index (χ3v) is 3.91. The molecule has 0 amide bonds. The Morgan fingerprint density at radius 3 is 1.81 bits per heavy atom. The monoisotopic (exact) mass is 368 g/mol. The lowest BCUT2D eigenvalue weighted by Crippen LogP contribution is -2.21. The van der Waals surface area contributed by atoms with Crippen LogP contribution in [0.15, 0.2) is 14.4 Å². The van der Waals surface area contributed by atoms with E-state index >= 15 is 0 Å². The van der Waals surface area contributed by atoms with Crippen LogP contribution in [0.25, 0.3) is 11.2 Å². The number of imidazole rings is 1. The molecule has 5 N–H and O–H groups in total. The van der Waals surface area contributed by atoms with Crippen LogP contribution in [0.3, 0.4) is 0 Å². The van der Waals surface area contributed by atoms with Crippen LogP contribution in [-0.4, -0.2) is 31.0 Å². The zero-order valence-electron chi connectivity index (χ0n) is 15.2. The summed E-state index contributed by atoms with van der Waals surface area (Å²) in [6.07, 6.45) is 11.5. The summed E-state index contributed by atoms with van der Waals surface area (Å²) in [6, 6.07) is 0. The predicted octanol–water partition coefficient (Wildman–Crippen LogP) is 2.22. The second-order valence-corrected chi connectivity index (χ2v) is 6.21. The zero-order valence-corrected chi connectivity index (χ0v) is 15.2. The number of carbonyl (C=O) groups is 1. The number of hydrogen-bond donors (Lipinski definition) is 5. The zero-order chi connectivity index (χ0) is 19.4. The molecule has 9 nitrogen and oxygen atoms in total. The number of carboxylic acids is 1. The summed E-state index contributed by atoms with van der Waals surface area (Å²) in [5, 5.41) is 8.41. The summed E-state index contributed by atoms with van der Waals surface area (Å²) in [5.74, 6) is -0.659. The summed E-state index contributed by atoms with van der Waals surface area (Å²) in [7, 11) is 0. The first kappa shape index (κ1) is 21.5. The Kier molecular flexibility index (Phi) is 9.81. The smallest absolute Gasteiger partial charge is 0.327 e. The molecule has 0 radical (unpaired) electrons. The highest BCUT2D eigenvalue weighted by molar-refractivity contribution is 5.67. The van der Waals surface area contributed by atoms with Gasteiger partial charge in [0, 0.05) is 6.42 Å². The molecule has 9 heteroatoms. The van der Waals surface area contributed by atoms with E-state index in [4.69, 9.17) is 5.11 Å². The van der Waals surface area contributed by atoms with Crippen LogP contribution in [0.1, 0.15) is 71.1 Å². The maximum absolute atomic E-state index is 10.9. The third-order valence-electron chi connectivity index (χ3n) is 3.91. The Morgan fingerprint density at radius 2 is 1.27 bits per heavy atom. The van der Waals surface area contributed by atoms with Crippen LogP contribution in [0.2, 0.25) is 0 Å². The minimum Gasteiger partial charge on any atom is -0.481 e. The van der Waals surface area contributed by atoms with Crippen molar-refractivity contribution >= 4 is 17.1 Å². The Balaban J connectivity index is 0.000000262. The van der Waals surface area contributed by atoms with Crippen molar-refractivity contribution in [2.24, 2.45) is 0 Å². The van der Waals surface area contributed by atoms with Crippen molar-refractivity contribution in [1.29, 1.82) is 0 Å². The molecule has 0 aromatic carbocycles. The van der Waals surface area contributed by atoms with Gasteiger partial charge in [-0.25, -0.2) is 9.59 Å². The Bertz CT molecular complexity index is 830. The van der Waals surface area contributed by atoms with Crippen LogP contribution in [0.4, 0.5) is 0 Å². The lowest BCUT2D eigenvalue weighted by atomic mass is 10.1. The highest BCUT2D eigenvalue weighted by Crippen LogP contribution is 2.10. The van der Waals surface area contributed by atoms with Crippen LogP contribution in [-0.2, 0) is 4.79 Å². The number of unbranched alkanes of at least 4 members (excludes halogenated alkanes) is 8. The molecule has 0 aliphatic rings. The van der Waals surface area contributed by atoms with E-state index in [0.29, 0.717) is 6.42 Å². The second kappa shape index (κ2) is 11.9. The van der Waals surface area contributed by atoms with Gasteiger partial charge in [0.2, 0.25) is 0 Å². The lowest BCUT2D eigenvalue weighted by molar-refractivity contribution is -0.137. The highest BCUT2D eigenvalue weighted by atomic mass is 16.4. The number of rotatable bonds is 10. The topological polar surface area (TPSA) is 152 Å². The van der Waals surface area contributed by atoms with Gasteiger partial charge in [0.05, 0.1) is 0 Å². The van der Waals surface area contributed by atoms with Gasteiger partial charge >= 0.3 is 17.3 Å². The molecule has 0 fully saturated rings. The first-order valence-electron chi connectivity index (χ1n) is 9.10. The maximum atomic E-state index is 10.9. The minimum absolute atomic E-state index is 0.0413. The van der Waals surface area contributed by atoms with Crippen molar-refractivity contribution in [3.8, 4) is 0 Å². The lowest BCUT2D eigenvalue weighted by Gasteiger charge is -2.00. The summed E-state index contributed by atoms with van der Waals surface area (Å²) >= 11 is 0. The maximum Gasteiger partial charge on any atom is 0.327 e. The molecule has 0 aliphatic heterocycles. The summed E-state index contributed by atoms with van der Waals surface area (Å²) in [4.78, 5) is 51.2. The Labute approximate surface area is 150 Å². The molecule has 0 unspecified atom stereocenters. The van der Waals surface area contributed by atoms with Gasteiger partial charge < -0.3 is 5.11 Å². The molecular weight excluding hydrogens is 340 g/mol. The standard InChI is InChI=1S/C12H24O2.C5H4N4O3/c1-2-3-4-5-6-7-8-9-10-11-12(13)14;10-3-1-2(7-4(11)6-1)8-5(12)9-3/h2-11H2,1H3,(H,13,14);(H4,6,7,8,9,10,11,12). The fourth-order valence-electron chi connectivity index (χ4n) is 2.54. The Hall–Kier alpha value is -2.58. The van der Waals surface area contributed by atoms with Crippen LogP contribution < -0.4 is 16.9 Å². The van der Waals surface area contributed by atoms with E-state index in [9.17, 15) is 19.2 Å². The third kappa shape index (κ3) is 8.50. The molecule has 146 valence electrons. The molecule has 0 aliphatic carbocycles. The Morgan fingerprint density at radius 1 is 0.769 bits per heavy atom. The average molecular weight is 368 g/mol. The molecular formula is C17H28N4O5. The molecule has 0 saturated carbocycles. The van der Waals surface area contributed by atoms with E-state index < -0.39 is 22.9 Å². The fourth-order valence-corrected chi connectivity index (χ4v) is 2.54. The van der Waals surface area contributed by atoms with Gasteiger partial charge in [-0.15, -0.1) is 0 Å².